The number of halogens is 2. The largest absolute Gasteiger partial charge is 0.495 e. The van der Waals surface area contributed by atoms with Crippen LogP contribution in [-0.4, -0.2) is 7.11 Å². The summed E-state index contributed by atoms with van der Waals surface area (Å²) in [6.07, 6.45) is 0.843. The molecule has 1 rings (SSSR count). The first-order chi connectivity index (χ1) is 7.74. The van der Waals surface area contributed by atoms with Gasteiger partial charge in [-0.05, 0) is 23.5 Å². The monoisotopic (exact) mass is 275 g/mol. The second kappa shape index (κ2) is 5.47. The van der Waals surface area contributed by atoms with Crippen molar-refractivity contribution in [3.05, 3.63) is 27.7 Å². The van der Waals surface area contributed by atoms with Crippen molar-refractivity contribution in [2.45, 2.75) is 33.2 Å². The quantitative estimate of drug-likeness (QED) is 0.885. The molecule has 0 aliphatic heterocycles. The molecule has 0 heterocycles. The van der Waals surface area contributed by atoms with E-state index in [1.165, 1.54) is 0 Å². The molecule has 0 radical (unpaired) electrons. The number of hydrogen-bond acceptors (Lipinski definition) is 2. The van der Waals surface area contributed by atoms with Crippen molar-refractivity contribution in [3.8, 4) is 5.75 Å². The van der Waals surface area contributed by atoms with Crippen LogP contribution < -0.4 is 10.5 Å². The van der Waals surface area contributed by atoms with Gasteiger partial charge in [0.15, 0.2) is 0 Å². The van der Waals surface area contributed by atoms with Crippen LogP contribution in [0.1, 0.15) is 38.8 Å². The van der Waals surface area contributed by atoms with Crippen molar-refractivity contribution in [1.29, 1.82) is 0 Å². The van der Waals surface area contributed by atoms with Gasteiger partial charge >= 0.3 is 0 Å². The Morgan fingerprint density at radius 2 is 1.82 bits per heavy atom. The van der Waals surface area contributed by atoms with Crippen LogP contribution >= 0.6 is 23.2 Å². The molecule has 0 fully saturated rings. The molecule has 2 N–H and O–H groups in total. The van der Waals surface area contributed by atoms with E-state index in [9.17, 15) is 0 Å². The van der Waals surface area contributed by atoms with Crippen molar-refractivity contribution >= 4 is 23.2 Å². The highest BCUT2D eigenvalue weighted by Gasteiger charge is 2.20. The van der Waals surface area contributed by atoms with Gasteiger partial charge in [0.2, 0.25) is 0 Å². The van der Waals surface area contributed by atoms with Crippen molar-refractivity contribution in [2.75, 3.05) is 7.11 Å². The topological polar surface area (TPSA) is 35.2 Å². The van der Waals surface area contributed by atoms with Crippen LogP contribution in [0.4, 0.5) is 0 Å². The lowest BCUT2D eigenvalue weighted by molar-refractivity contribution is 0.342. The predicted octanol–water partition coefficient (Wildman–Crippen LogP) is 4.44. The van der Waals surface area contributed by atoms with Gasteiger partial charge in [0.1, 0.15) is 5.75 Å². The van der Waals surface area contributed by atoms with Gasteiger partial charge in [-0.1, -0.05) is 44.0 Å². The average Bonchev–Trinajstić information content (AvgIpc) is 2.18. The molecule has 0 amide bonds. The summed E-state index contributed by atoms with van der Waals surface area (Å²) < 4.78 is 5.10. The van der Waals surface area contributed by atoms with Crippen molar-refractivity contribution in [1.82, 2.24) is 0 Å². The summed E-state index contributed by atoms with van der Waals surface area (Å²) in [5.41, 5.74) is 7.17. The van der Waals surface area contributed by atoms with E-state index in [0.29, 0.717) is 15.8 Å². The van der Waals surface area contributed by atoms with E-state index in [1.807, 2.05) is 0 Å². The summed E-state index contributed by atoms with van der Waals surface area (Å²) in [5, 5.41) is 1.14. The molecule has 0 bridgehead atoms. The van der Waals surface area contributed by atoms with Crippen LogP contribution in [-0.2, 0) is 0 Å². The second-order valence-corrected chi connectivity index (χ2v) is 6.19. The third kappa shape index (κ3) is 4.06. The zero-order valence-electron chi connectivity index (χ0n) is 10.7. The van der Waals surface area contributed by atoms with Crippen LogP contribution in [0.2, 0.25) is 10.0 Å². The summed E-state index contributed by atoms with van der Waals surface area (Å²) in [6, 6.07) is 3.38. The van der Waals surface area contributed by atoms with Crippen LogP contribution in [0.5, 0.6) is 5.75 Å². The van der Waals surface area contributed by atoms with E-state index < -0.39 is 0 Å². The molecule has 0 spiro atoms. The fourth-order valence-electron chi connectivity index (χ4n) is 1.75. The Bertz CT molecular complexity index is 399. The van der Waals surface area contributed by atoms with Gasteiger partial charge in [-0.3, -0.25) is 0 Å². The number of rotatable bonds is 3. The molecule has 2 nitrogen and oxygen atoms in total. The van der Waals surface area contributed by atoms with E-state index in [4.69, 9.17) is 33.7 Å². The third-order valence-corrected chi connectivity index (χ3v) is 3.13. The van der Waals surface area contributed by atoms with Gasteiger partial charge in [0.25, 0.3) is 0 Å². The highest BCUT2D eigenvalue weighted by molar-refractivity contribution is 6.34. The first-order valence-electron chi connectivity index (χ1n) is 5.53. The maximum Gasteiger partial charge on any atom is 0.138 e. The molecule has 1 aromatic rings. The normalized spacial score (nSPS) is 13.6. The molecule has 0 saturated heterocycles. The maximum absolute atomic E-state index is 6.19. The summed E-state index contributed by atoms with van der Waals surface area (Å²) in [4.78, 5) is 0. The molecular formula is C13H19Cl2NO. The molecular weight excluding hydrogens is 257 g/mol. The minimum Gasteiger partial charge on any atom is -0.495 e. The van der Waals surface area contributed by atoms with E-state index in [-0.39, 0.29) is 11.5 Å². The molecule has 0 aromatic heterocycles. The van der Waals surface area contributed by atoms with Gasteiger partial charge in [-0.25, -0.2) is 0 Å². The summed E-state index contributed by atoms with van der Waals surface area (Å²) >= 11 is 12.3. The molecule has 1 atom stereocenters. The van der Waals surface area contributed by atoms with Crippen molar-refractivity contribution in [2.24, 2.45) is 11.1 Å². The van der Waals surface area contributed by atoms with Gasteiger partial charge in [0.05, 0.1) is 12.1 Å². The Morgan fingerprint density at radius 3 is 2.29 bits per heavy atom. The standard InChI is InChI=1S/C13H19Cl2NO/c1-13(2,3)7-11(16)8-5-10(15)12(17-4)6-9(8)14/h5-6,11H,7,16H2,1-4H3. The van der Waals surface area contributed by atoms with Crippen molar-refractivity contribution < 1.29 is 4.74 Å². The minimum atomic E-state index is -0.120. The molecule has 0 saturated carbocycles. The minimum absolute atomic E-state index is 0.120. The molecule has 1 unspecified atom stereocenters. The van der Waals surface area contributed by atoms with Crippen molar-refractivity contribution in [3.63, 3.8) is 0 Å². The predicted molar refractivity (Wildman–Crippen MR) is 74.0 cm³/mol. The fourth-order valence-corrected chi connectivity index (χ4v) is 2.30. The third-order valence-electron chi connectivity index (χ3n) is 2.50. The molecule has 0 aliphatic carbocycles. The number of benzene rings is 1. The Kier molecular flexibility index (Phi) is 4.70. The second-order valence-electron chi connectivity index (χ2n) is 5.38. The SMILES string of the molecule is COc1cc(Cl)c(C(N)CC(C)(C)C)cc1Cl. The van der Waals surface area contributed by atoms with E-state index in [2.05, 4.69) is 20.8 Å². The Hall–Kier alpha value is -0.440. The molecule has 0 aliphatic rings. The molecule has 96 valence electrons. The highest BCUT2D eigenvalue weighted by atomic mass is 35.5. The average molecular weight is 276 g/mol. The van der Waals surface area contributed by atoms with E-state index >= 15 is 0 Å². The molecule has 1 aromatic carbocycles. The first kappa shape index (κ1) is 14.6. The summed E-state index contributed by atoms with van der Waals surface area (Å²) in [6.45, 7) is 6.43. The van der Waals surface area contributed by atoms with Gasteiger partial charge in [-0.2, -0.15) is 0 Å². The first-order valence-corrected chi connectivity index (χ1v) is 6.28. The number of nitrogens with two attached hydrogens (primary N) is 1. The lowest BCUT2D eigenvalue weighted by Crippen LogP contribution is -2.19. The van der Waals surface area contributed by atoms with Crippen LogP contribution in [0, 0.1) is 5.41 Å². The molecule has 17 heavy (non-hydrogen) atoms. The van der Waals surface area contributed by atoms with Crippen LogP contribution in [0.25, 0.3) is 0 Å². The summed E-state index contributed by atoms with van der Waals surface area (Å²) in [7, 11) is 1.56. The van der Waals surface area contributed by atoms with Crippen LogP contribution in [0.3, 0.4) is 0 Å². The van der Waals surface area contributed by atoms with Gasteiger partial charge in [0, 0.05) is 17.1 Å². The Labute approximate surface area is 113 Å². The van der Waals surface area contributed by atoms with Gasteiger partial charge in [-0.15, -0.1) is 0 Å². The highest BCUT2D eigenvalue weighted by Crippen LogP contribution is 2.36. The van der Waals surface area contributed by atoms with E-state index in [1.54, 1.807) is 19.2 Å². The zero-order chi connectivity index (χ0) is 13.2. The maximum atomic E-state index is 6.19. The number of methoxy groups -OCH3 is 1. The lowest BCUT2D eigenvalue weighted by Gasteiger charge is -2.24. The lowest BCUT2D eigenvalue weighted by atomic mass is 9.86. The molecule has 4 heteroatoms. The summed E-state index contributed by atoms with van der Waals surface area (Å²) in [5.74, 6) is 0.573. The fraction of sp³-hybridized carbons (Fsp3) is 0.538. The number of hydrogen-bond donors (Lipinski definition) is 1. The van der Waals surface area contributed by atoms with Crippen LogP contribution in [0.15, 0.2) is 12.1 Å². The zero-order valence-corrected chi connectivity index (χ0v) is 12.2. The Balaban J connectivity index is 3.02. The number of ether oxygens (including phenoxy) is 1. The Morgan fingerprint density at radius 1 is 1.24 bits per heavy atom. The van der Waals surface area contributed by atoms with Gasteiger partial charge < -0.3 is 10.5 Å². The van der Waals surface area contributed by atoms with E-state index in [0.717, 1.165) is 12.0 Å². The smallest absolute Gasteiger partial charge is 0.138 e.